The fourth-order valence-corrected chi connectivity index (χ4v) is 7.57. The van der Waals surface area contributed by atoms with Crippen LogP contribution in [0.4, 0.5) is 0 Å². The first-order valence-corrected chi connectivity index (χ1v) is 13.3. The van der Waals surface area contributed by atoms with E-state index in [0.29, 0.717) is 5.57 Å². The third kappa shape index (κ3) is 4.32. The molecule has 0 saturated carbocycles. The van der Waals surface area contributed by atoms with Gasteiger partial charge in [-0.2, -0.15) is 4.40 Å². The van der Waals surface area contributed by atoms with E-state index in [2.05, 4.69) is 25.9 Å². The van der Waals surface area contributed by atoms with Crippen molar-refractivity contribution in [3.63, 3.8) is 0 Å². The first kappa shape index (κ1) is 28.5. The largest absolute Gasteiger partial charge is 1.00 e. The zero-order valence-electron chi connectivity index (χ0n) is 20.3. The second-order valence-corrected chi connectivity index (χ2v) is 10.8. The molecule has 5 heterocycles. The Morgan fingerprint density at radius 1 is 1.31 bits per heavy atom. The van der Waals surface area contributed by atoms with Crippen molar-refractivity contribution < 1.29 is 53.8 Å². The summed E-state index contributed by atoms with van der Waals surface area (Å²) in [5.74, 6) is -2.14. The van der Waals surface area contributed by atoms with E-state index in [9.17, 15) is 19.8 Å². The number of nitrogens with zero attached hydrogens (tertiary/aromatic N) is 4. The third-order valence-electron chi connectivity index (χ3n) is 7.01. The maximum atomic E-state index is 12.7. The van der Waals surface area contributed by atoms with Crippen molar-refractivity contribution in [3.05, 3.63) is 53.2 Å². The molecule has 3 aromatic rings. The topological polar surface area (TPSA) is 90.0 Å². The van der Waals surface area contributed by atoms with Crippen LogP contribution in [0.3, 0.4) is 0 Å². The summed E-state index contributed by atoms with van der Waals surface area (Å²) in [6.07, 6.45) is 8.21. The minimum Gasteiger partial charge on any atom is -1.00 e. The van der Waals surface area contributed by atoms with E-state index in [1.54, 1.807) is 30.0 Å². The van der Waals surface area contributed by atoms with E-state index < -0.39 is 18.0 Å². The molecule has 1 saturated heterocycles. The van der Waals surface area contributed by atoms with Gasteiger partial charge in [0.2, 0.25) is 15.8 Å². The average molecular weight is 572 g/mol. The Balaban J connectivity index is 0.00000180. The molecule has 1 fully saturated rings. The molecule has 1 amide bonds. The van der Waals surface area contributed by atoms with Gasteiger partial charge in [-0.1, -0.05) is 36.1 Å². The van der Waals surface area contributed by atoms with Crippen molar-refractivity contribution in [3.8, 4) is 0 Å². The van der Waals surface area contributed by atoms with Crippen LogP contribution in [0, 0.1) is 11.8 Å². The highest BCUT2D eigenvalue weighted by Crippen LogP contribution is 2.51. The number of halogens is 2. The van der Waals surface area contributed by atoms with E-state index in [1.807, 2.05) is 44.8 Å². The number of carbonyl (C=O) groups is 2. The number of β-lactam (4-membered cyclic amide) rings is 1. The van der Waals surface area contributed by atoms with Crippen LogP contribution in [-0.2, 0) is 29.6 Å². The summed E-state index contributed by atoms with van der Waals surface area (Å²) in [6, 6.07) is 5.88. The van der Waals surface area contributed by atoms with Crippen LogP contribution in [0.25, 0.3) is 10.4 Å². The zero-order valence-corrected chi connectivity index (χ0v) is 23.4. The lowest BCUT2D eigenvalue weighted by Gasteiger charge is -2.46. The van der Waals surface area contributed by atoms with Gasteiger partial charge >= 0.3 is 5.97 Å². The lowest BCUT2D eigenvalue weighted by Crippen LogP contribution is -3.00. The Bertz CT molecular complexity index is 1350. The first-order chi connectivity index (χ1) is 16.2. The highest BCUT2D eigenvalue weighted by atomic mass is 35.5. The molecular formula is C24H28Cl2N4O4S2. The number of aliphatic carboxylic acids is 1. The molecule has 2 N–H and O–H groups in total. The maximum absolute atomic E-state index is 12.7. The number of hydrogen-bond acceptors (Lipinski definition) is 5. The number of carboxylic acid groups (broad SMARTS) is 1. The summed E-state index contributed by atoms with van der Waals surface area (Å²) in [4.78, 5) is 28.1. The van der Waals surface area contributed by atoms with Gasteiger partial charge in [-0.25, -0.2) is 13.9 Å². The Hall–Kier alpha value is -2.11. The molecule has 0 unspecified atom stereocenters. The number of hydrogen-bond donors (Lipinski definition) is 2. The van der Waals surface area contributed by atoms with Crippen LogP contribution in [0.5, 0.6) is 0 Å². The van der Waals surface area contributed by atoms with E-state index >= 15 is 0 Å². The number of fused-ring (bicyclic) bond motifs is 2. The molecule has 0 aromatic carbocycles. The van der Waals surface area contributed by atoms with Gasteiger partial charge < -0.3 is 39.9 Å². The van der Waals surface area contributed by atoms with Crippen LogP contribution in [0.1, 0.15) is 24.4 Å². The molecule has 4 atom stereocenters. The molecule has 0 aliphatic carbocycles. The number of aliphatic hydroxyl groups is 1. The lowest BCUT2D eigenvalue weighted by atomic mass is 9.77. The average Bonchev–Trinajstić information content (AvgIpc) is 3.40. The van der Waals surface area contributed by atoms with Crippen molar-refractivity contribution >= 4 is 45.4 Å². The molecule has 0 spiro atoms. The number of carboxylic acids is 1. The van der Waals surface area contributed by atoms with Crippen LogP contribution >= 0.6 is 23.1 Å². The summed E-state index contributed by atoms with van der Waals surface area (Å²) in [6.45, 7) is 4.38. The minimum atomic E-state index is -1.10. The van der Waals surface area contributed by atoms with Crippen LogP contribution in [-0.4, -0.2) is 49.8 Å². The number of rotatable bonds is 7. The fourth-order valence-electron chi connectivity index (χ4n) is 5.37. The number of carbonyl (C=O) groups excluding carboxylic acids is 1. The Morgan fingerprint density at radius 2 is 2.03 bits per heavy atom. The number of aromatic nitrogens is 3. The number of thioether (sulfide) groups is 1. The van der Waals surface area contributed by atoms with Gasteiger partial charge in [0.25, 0.3) is 6.33 Å². The first-order valence-electron chi connectivity index (χ1n) is 11.2. The number of amides is 1. The quantitative estimate of drug-likeness (QED) is 0.171. The number of pyridine rings is 1. The highest BCUT2D eigenvalue weighted by Gasteiger charge is 2.60. The number of aliphatic hydroxyl groups excluding tert-OH is 1. The van der Waals surface area contributed by atoms with Crippen LogP contribution in [0.15, 0.2) is 47.6 Å². The molecule has 2 aliphatic rings. The predicted molar refractivity (Wildman–Crippen MR) is 128 cm³/mol. The molecule has 194 valence electrons. The maximum Gasteiger partial charge on any atom is 0.352 e. The van der Waals surface area contributed by atoms with E-state index in [4.69, 9.17) is 0 Å². The molecule has 3 aromatic heterocycles. The standard InChI is InChI=1S/C24H27N4O4S2.2ClH/c1-13-17(20(24(31)32)28-19(13)18(14(2)29)21(28)30)16-11-27-12-26(22(33-4)23(27)34-16)10-8-15-7-5-6-9-25(15)3;;/h5-7,9,11-14,18-19,29H,8,10H2,1-4H3;2*1H/q+1;;/p-1/t13-,14+,18+,19+;;/m0../s1. The normalized spacial score (nSPS) is 21.6. The second-order valence-electron chi connectivity index (χ2n) is 9.00. The summed E-state index contributed by atoms with van der Waals surface area (Å²) >= 11 is 3.22. The zero-order chi connectivity index (χ0) is 24.3. The van der Waals surface area contributed by atoms with Gasteiger partial charge in [-0.3, -0.25) is 4.79 Å². The van der Waals surface area contributed by atoms with E-state index in [0.717, 1.165) is 27.7 Å². The van der Waals surface area contributed by atoms with Gasteiger partial charge in [0.1, 0.15) is 25.5 Å². The Kier molecular flexibility index (Phi) is 8.47. The summed E-state index contributed by atoms with van der Waals surface area (Å²) in [5.41, 5.74) is 1.98. The van der Waals surface area contributed by atoms with Gasteiger partial charge in [0.05, 0.1) is 29.4 Å². The molecule has 8 nitrogen and oxygen atoms in total. The van der Waals surface area contributed by atoms with Gasteiger partial charge in [-0.05, 0) is 13.2 Å². The predicted octanol–water partition coefficient (Wildman–Crippen LogP) is -4.26. The van der Waals surface area contributed by atoms with Crippen molar-refractivity contribution in [1.29, 1.82) is 0 Å². The van der Waals surface area contributed by atoms with Crippen molar-refractivity contribution in [2.75, 3.05) is 6.26 Å². The molecule has 5 rings (SSSR count). The van der Waals surface area contributed by atoms with Crippen molar-refractivity contribution in [2.24, 2.45) is 18.9 Å². The van der Waals surface area contributed by atoms with E-state index in [-0.39, 0.29) is 48.4 Å². The molecule has 36 heavy (non-hydrogen) atoms. The summed E-state index contributed by atoms with van der Waals surface area (Å²) < 4.78 is 6.42. The monoisotopic (exact) mass is 570 g/mol. The highest BCUT2D eigenvalue weighted by molar-refractivity contribution is 7.98. The Labute approximate surface area is 230 Å². The van der Waals surface area contributed by atoms with E-state index in [1.165, 1.54) is 10.6 Å². The number of imidazole rings is 1. The van der Waals surface area contributed by atoms with Crippen LogP contribution < -0.4 is 33.9 Å². The third-order valence-corrected chi connectivity index (χ3v) is 9.10. The Morgan fingerprint density at radius 3 is 2.64 bits per heavy atom. The van der Waals surface area contributed by atoms with Gasteiger partial charge in [0, 0.05) is 23.6 Å². The summed E-state index contributed by atoms with van der Waals surface area (Å²) in [5, 5.41) is 21.2. The molecule has 2 aliphatic heterocycles. The molecule has 12 heteroatoms. The fraction of sp³-hybridized carbons (Fsp3) is 0.417. The summed E-state index contributed by atoms with van der Waals surface area (Å²) in [7, 11) is 2.05. The van der Waals surface area contributed by atoms with Crippen molar-refractivity contribution in [2.45, 2.75) is 44.0 Å². The number of aryl methyl sites for hydroxylation is 3. The smallest absolute Gasteiger partial charge is 0.352 e. The van der Waals surface area contributed by atoms with Gasteiger partial charge in [0.15, 0.2) is 11.9 Å². The second kappa shape index (κ2) is 10.7. The SMILES string of the molecule is CSc1c2sc(C3=C(C(=O)O)N4C(=O)[C@H]([C@@H](C)O)[C@H]4[C@H]3C)cn2c[n+]1CCc1cccc[n+]1C.[Cl-].[Cl-]. The van der Waals surface area contributed by atoms with Crippen LogP contribution in [0.2, 0.25) is 0 Å². The lowest BCUT2D eigenvalue weighted by molar-refractivity contribution is -0.735. The van der Waals surface area contributed by atoms with Crippen molar-refractivity contribution in [1.82, 2.24) is 9.30 Å². The molecule has 0 bridgehead atoms. The van der Waals surface area contributed by atoms with Gasteiger partial charge in [-0.15, -0.1) is 0 Å². The molecule has 0 radical (unpaired) electrons. The molecular weight excluding hydrogens is 543 g/mol. The number of thiazole rings is 1. The minimum absolute atomic E-state index is 0.